The first kappa shape index (κ1) is 16.5. The molecule has 0 aliphatic carbocycles. The lowest BCUT2D eigenvalue weighted by atomic mass is 10.1. The molecule has 0 spiro atoms. The highest BCUT2D eigenvalue weighted by atomic mass is 28.3. The van der Waals surface area contributed by atoms with Crippen LogP contribution in [0, 0.1) is 0 Å². The van der Waals surface area contributed by atoms with E-state index in [0.29, 0.717) is 5.04 Å². The number of hydrogen-bond donors (Lipinski definition) is 0. The first-order valence-electron chi connectivity index (χ1n) is 8.35. The Balaban J connectivity index is 2.24. The van der Waals surface area contributed by atoms with Gasteiger partial charge in [-0.05, 0) is 16.6 Å². The molecule has 0 aromatic heterocycles. The van der Waals surface area contributed by atoms with Crippen LogP contribution in [0.3, 0.4) is 0 Å². The zero-order valence-corrected chi connectivity index (χ0v) is 15.8. The van der Waals surface area contributed by atoms with Crippen LogP contribution in [-0.4, -0.2) is 24.9 Å². The van der Waals surface area contributed by atoms with E-state index in [1.54, 1.807) is 16.8 Å². The summed E-state index contributed by atoms with van der Waals surface area (Å²) >= 11 is 0. The summed E-state index contributed by atoms with van der Waals surface area (Å²) in [5, 5.41) is 0.454. The molecule has 1 aromatic carbocycles. The van der Waals surface area contributed by atoms with Gasteiger partial charge in [-0.25, -0.2) is 4.58 Å². The molecule has 1 aromatic rings. The number of nitrogens with zero attached hydrogens (tertiary/aromatic N) is 1. The maximum Gasteiger partial charge on any atom is 0.168 e. The minimum absolute atomic E-state index is 0.454. The highest BCUT2D eigenvalue weighted by Crippen LogP contribution is 2.38. The smallest absolute Gasteiger partial charge is 0.168 e. The molecular formula is C19H32NSi+. The van der Waals surface area contributed by atoms with E-state index in [9.17, 15) is 0 Å². The third kappa shape index (κ3) is 3.85. The molecular weight excluding hydrogens is 270 g/mol. The van der Waals surface area contributed by atoms with Crippen LogP contribution in [0.5, 0.6) is 0 Å². The second-order valence-corrected chi connectivity index (χ2v) is 14.0. The van der Waals surface area contributed by atoms with E-state index in [1.165, 1.54) is 25.4 Å². The van der Waals surface area contributed by atoms with Gasteiger partial charge in [0.25, 0.3) is 0 Å². The van der Waals surface area contributed by atoms with Gasteiger partial charge in [0.1, 0.15) is 12.3 Å². The molecule has 1 nitrogen and oxygen atoms in total. The monoisotopic (exact) mass is 302 g/mol. The van der Waals surface area contributed by atoms with E-state index < -0.39 is 8.07 Å². The van der Waals surface area contributed by atoms with Crippen molar-refractivity contribution in [2.45, 2.75) is 71.3 Å². The number of hydrogen-bond acceptors (Lipinski definition) is 0. The van der Waals surface area contributed by atoms with Crippen LogP contribution in [-0.2, 0) is 12.6 Å². The molecule has 0 atom stereocenters. The van der Waals surface area contributed by atoms with Crippen LogP contribution in [0.1, 0.15) is 51.7 Å². The van der Waals surface area contributed by atoms with Crippen molar-refractivity contribution in [1.82, 2.24) is 0 Å². The Morgan fingerprint density at radius 1 is 1.10 bits per heavy atom. The third-order valence-corrected chi connectivity index (χ3v) is 11.0. The molecule has 1 heterocycles. The molecule has 0 fully saturated rings. The predicted octanol–water partition coefficient (Wildman–Crippen LogP) is 5.04. The molecule has 2 heteroatoms. The van der Waals surface area contributed by atoms with E-state index in [2.05, 4.69) is 69.6 Å². The molecule has 0 N–H and O–H groups in total. The van der Waals surface area contributed by atoms with Gasteiger partial charge in [-0.1, -0.05) is 58.1 Å². The van der Waals surface area contributed by atoms with E-state index in [-0.39, 0.29) is 0 Å². The van der Waals surface area contributed by atoms with Gasteiger partial charge >= 0.3 is 0 Å². The average Bonchev–Trinajstić information content (AvgIpc) is 2.76. The molecule has 21 heavy (non-hydrogen) atoms. The van der Waals surface area contributed by atoms with Gasteiger partial charge in [0, 0.05) is 25.3 Å². The van der Waals surface area contributed by atoms with Crippen molar-refractivity contribution in [3.05, 3.63) is 35.4 Å². The number of benzene rings is 1. The molecule has 1 aliphatic heterocycles. The van der Waals surface area contributed by atoms with E-state index in [0.717, 1.165) is 6.54 Å². The first-order valence-corrected chi connectivity index (χ1v) is 11.6. The Morgan fingerprint density at radius 2 is 1.71 bits per heavy atom. The molecule has 0 radical (unpaired) electrons. The molecule has 0 saturated heterocycles. The van der Waals surface area contributed by atoms with Gasteiger partial charge < -0.3 is 0 Å². The molecule has 0 saturated carbocycles. The lowest BCUT2D eigenvalue weighted by Gasteiger charge is -2.37. The van der Waals surface area contributed by atoms with Crippen LogP contribution in [0.2, 0.25) is 18.1 Å². The molecule has 0 bridgehead atoms. The normalized spacial score (nSPS) is 16.7. The molecule has 1 aliphatic rings. The standard InChI is InChI=1S/C19H32NSi/c1-16-10-9-13-20(16)14-17-11-7-8-12-18(17)15-21(5,6)19(2,3)4/h7-8,11-12H,9-10,13-15H2,1-6H3/q+1. The van der Waals surface area contributed by atoms with Crippen molar-refractivity contribution in [1.29, 1.82) is 0 Å². The summed E-state index contributed by atoms with van der Waals surface area (Å²) in [5.74, 6) is 0. The summed E-state index contributed by atoms with van der Waals surface area (Å²) in [6.45, 7) is 17.0. The quantitative estimate of drug-likeness (QED) is 0.541. The van der Waals surface area contributed by atoms with Crippen LogP contribution < -0.4 is 0 Å². The van der Waals surface area contributed by atoms with Crippen molar-refractivity contribution in [2.24, 2.45) is 0 Å². The van der Waals surface area contributed by atoms with E-state index in [1.807, 2.05) is 0 Å². The Morgan fingerprint density at radius 3 is 2.24 bits per heavy atom. The second-order valence-electron chi connectivity index (χ2n) is 8.34. The van der Waals surface area contributed by atoms with Crippen molar-refractivity contribution in [2.75, 3.05) is 6.54 Å². The van der Waals surface area contributed by atoms with Crippen molar-refractivity contribution >= 4 is 13.8 Å². The van der Waals surface area contributed by atoms with Crippen LogP contribution in [0.15, 0.2) is 24.3 Å². The highest BCUT2D eigenvalue weighted by Gasteiger charge is 2.35. The first-order chi connectivity index (χ1) is 9.71. The fourth-order valence-corrected chi connectivity index (χ4v) is 4.75. The largest absolute Gasteiger partial charge is 0.233 e. The van der Waals surface area contributed by atoms with E-state index >= 15 is 0 Å². The lowest BCUT2D eigenvalue weighted by molar-refractivity contribution is -0.536. The molecule has 116 valence electrons. The Kier molecular flexibility index (Phi) is 4.77. The molecule has 2 rings (SSSR count). The summed E-state index contributed by atoms with van der Waals surface area (Å²) in [6, 6.07) is 10.4. The van der Waals surface area contributed by atoms with Crippen LogP contribution in [0.25, 0.3) is 0 Å². The fourth-order valence-electron chi connectivity index (χ4n) is 2.92. The van der Waals surface area contributed by atoms with Gasteiger partial charge in [0.15, 0.2) is 6.54 Å². The Bertz CT molecular complexity index is 535. The zero-order valence-electron chi connectivity index (χ0n) is 14.8. The third-order valence-electron chi connectivity index (χ3n) is 5.65. The fraction of sp³-hybridized carbons (Fsp3) is 0.632. The minimum Gasteiger partial charge on any atom is -0.233 e. The summed E-state index contributed by atoms with van der Waals surface area (Å²) in [7, 11) is -1.28. The van der Waals surface area contributed by atoms with Crippen LogP contribution in [0.4, 0.5) is 0 Å². The van der Waals surface area contributed by atoms with Gasteiger partial charge in [-0.2, -0.15) is 0 Å². The van der Waals surface area contributed by atoms with Crippen molar-refractivity contribution in [3.8, 4) is 0 Å². The summed E-state index contributed by atoms with van der Waals surface area (Å²) in [5.41, 5.74) is 4.70. The lowest BCUT2D eigenvalue weighted by Crippen LogP contribution is -2.40. The van der Waals surface area contributed by atoms with Crippen molar-refractivity contribution < 1.29 is 4.58 Å². The van der Waals surface area contributed by atoms with Gasteiger partial charge in [-0.15, -0.1) is 0 Å². The predicted molar refractivity (Wildman–Crippen MR) is 96.1 cm³/mol. The summed E-state index contributed by atoms with van der Waals surface area (Å²) in [6.07, 6.45) is 2.61. The Labute approximate surface area is 132 Å². The molecule has 0 unspecified atom stereocenters. The van der Waals surface area contributed by atoms with Gasteiger partial charge in [0.2, 0.25) is 0 Å². The minimum atomic E-state index is -1.28. The second kappa shape index (κ2) is 6.08. The van der Waals surface area contributed by atoms with Gasteiger partial charge in [0.05, 0.1) is 8.07 Å². The SMILES string of the molecule is CC1=[N+](Cc2ccccc2C[Si](C)(C)C(C)(C)C)CCC1. The zero-order chi connectivity index (χ0) is 15.7. The summed E-state index contributed by atoms with van der Waals surface area (Å²) < 4.78 is 2.57. The average molecular weight is 303 g/mol. The highest BCUT2D eigenvalue weighted by molar-refractivity contribution is 6.79. The van der Waals surface area contributed by atoms with E-state index in [4.69, 9.17) is 0 Å². The molecule has 0 amide bonds. The van der Waals surface area contributed by atoms with Crippen molar-refractivity contribution in [3.63, 3.8) is 0 Å². The maximum absolute atomic E-state index is 2.57. The summed E-state index contributed by atoms with van der Waals surface area (Å²) in [4.78, 5) is 0. The topological polar surface area (TPSA) is 3.01 Å². The van der Waals surface area contributed by atoms with Crippen LogP contribution >= 0.6 is 0 Å². The number of rotatable bonds is 4. The van der Waals surface area contributed by atoms with Gasteiger partial charge in [-0.3, -0.25) is 0 Å². The maximum atomic E-state index is 2.57. The Hall–Kier alpha value is -0.893.